The average molecular weight is 1310 g/mol. The minimum absolute atomic E-state index is 0. The van der Waals surface area contributed by atoms with Crippen LogP contribution in [0.3, 0.4) is 0 Å². The van der Waals surface area contributed by atoms with Crippen LogP contribution in [0.4, 0.5) is 0 Å². The molecule has 417 valence electrons. The van der Waals surface area contributed by atoms with Crippen LogP contribution >= 0.6 is 0 Å². The van der Waals surface area contributed by atoms with Crippen LogP contribution in [-0.2, 0) is 83.2 Å². The zero-order valence-corrected chi connectivity index (χ0v) is 45.6. The zero-order chi connectivity index (χ0) is 40.9. The van der Waals surface area contributed by atoms with E-state index in [1.165, 1.54) is 0 Å². The number of halogens is 6. The summed E-state index contributed by atoms with van der Waals surface area (Å²) >= 11 is 0. The minimum Gasteiger partial charge on any atom is -1.00 e. The summed E-state index contributed by atoms with van der Waals surface area (Å²) in [6.07, 6.45) is 41.4. The van der Waals surface area contributed by atoms with Crippen molar-refractivity contribution in [3.63, 3.8) is 0 Å². The predicted octanol–water partition coefficient (Wildman–Crippen LogP) is -18.7. The summed E-state index contributed by atoms with van der Waals surface area (Å²) in [6, 6.07) is 0. The fraction of sp³-hybridized carbons (Fsp3) is 0. The molecule has 12 rings (SSSR count). The first-order valence-electron chi connectivity index (χ1n) is 17.7. The van der Waals surface area contributed by atoms with Gasteiger partial charge in [0.15, 0.2) is 69.9 Å². The Morgan fingerprint density at radius 2 is 0.227 bits per heavy atom. The van der Waals surface area contributed by atoms with Crippen molar-refractivity contribution in [2.45, 2.75) is 0 Å². The standard InChI is InChI=1S/6C6H6N4.6ClH.3Co.6H2O/c6*1-2-8-5(7-1)6-9-3-4-10-6;;;;;;;;;;;;;;;/h6*1-4H,(H,7,8)(H,9,10);6*1H;;;;6*1H2/q;;;;;;;;;;;;3*+2;;;;;;. The Labute approximate surface area is 492 Å². The third-order valence-corrected chi connectivity index (χ3v) is 7.32. The molecule has 0 bridgehead atoms. The van der Waals surface area contributed by atoms with Gasteiger partial charge in [0.25, 0.3) is 0 Å². The van der Waals surface area contributed by atoms with Crippen LogP contribution in [0.1, 0.15) is 0 Å². The van der Waals surface area contributed by atoms with E-state index in [0.29, 0.717) is 0 Å². The number of aromatic nitrogens is 24. The number of imidazole rings is 12. The minimum atomic E-state index is 0. The van der Waals surface area contributed by atoms with E-state index in [9.17, 15) is 0 Å². The van der Waals surface area contributed by atoms with Crippen molar-refractivity contribution >= 4 is 0 Å². The average Bonchev–Trinajstić information content (AvgIpc) is 4.13. The molecule has 0 spiro atoms. The van der Waals surface area contributed by atoms with Crippen molar-refractivity contribution < 1.29 is 158 Å². The topological polar surface area (TPSA) is 542 Å². The summed E-state index contributed by atoms with van der Waals surface area (Å²) < 4.78 is 0. The number of H-pyrrole nitrogens is 12. The molecule has 0 fully saturated rings. The summed E-state index contributed by atoms with van der Waals surface area (Å²) in [5.74, 6) is 9.22. The van der Waals surface area contributed by atoms with Crippen molar-refractivity contribution in [1.82, 2.24) is 120 Å². The Kier molecular flexibility index (Phi) is 58.5. The molecular weight excluding hydrogens is 1250 g/mol. The quantitative estimate of drug-likeness (QED) is 0.0691. The van der Waals surface area contributed by atoms with Crippen LogP contribution in [0.15, 0.2) is 149 Å². The molecule has 0 saturated heterocycles. The Hall–Kier alpha value is -6.46. The van der Waals surface area contributed by atoms with Gasteiger partial charge in [0.2, 0.25) is 0 Å². The maximum atomic E-state index is 4.01. The van der Waals surface area contributed by atoms with E-state index in [2.05, 4.69) is 120 Å². The number of rotatable bonds is 6. The number of aromatic amines is 12. The molecule has 30 nitrogen and oxygen atoms in total. The molecule has 0 aliphatic rings. The normalized spacial score (nSPS) is 8.00. The molecule has 0 aromatic carbocycles. The third kappa shape index (κ3) is 28.1. The Balaban J connectivity index is -0.0000000957. The second-order valence-corrected chi connectivity index (χ2v) is 11.3. The molecule has 30 N–H and O–H groups in total. The van der Waals surface area contributed by atoms with Gasteiger partial charge in [-0.3, -0.25) is 0 Å². The molecule has 0 aliphatic heterocycles. The van der Waals surface area contributed by atoms with Gasteiger partial charge in [0, 0.05) is 149 Å². The Morgan fingerprint density at radius 3 is 0.267 bits per heavy atom. The molecule has 0 aliphatic carbocycles. The fourth-order valence-electron chi connectivity index (χ4n) is 4.74. The molecule has 3 radical (unpaired) electrons. The summed E-state index contributed by atoms with van der Waals surface area (Å²) in [4.78, 5) is 83.3. The van der Waals surface area contributed by atoms with Gasteiger partial charge in [-0.05, 0) is 0 Å². The van der Waals surface area contributed by atoms with Crippen LogP contribution < -0.4 is 74.4 Å². The first kappa shape index (κ1) is 88.2. The second kappa shape index (κ2) is 49.7. The number of nitrogens with one attached hydrogen (secondary N) is 12. The molecule has 12 aromatic heterocycles. The maximum Gasteiger partial charge on any atom is 2.00 e. The van der Waals surface area contributed by atoms with Crippen molar-refractivity contribution in [2.24, 2.45) is 0 Å². The maximum absolute atomic E-state index is 4.01. The van der Waals surface area contributed by atoms with Gasteiger partial charge in [-0.15, -0.1) is 0 Å². The van der Waals surface area contributed by atoms with Crippen LogP contribution in [-0.4, -0.2) is 120 Å². The molecular formula is C36H54Cl6Co3N24O6+6. The van der Waals surface area contributed by atoms with E-state index in [1.54, 1.807) is 149 Å². The molecule has 75 heavy (non-hydrogen) atoms. The summed E-state index contributed by atoms with van der Waals surface area (Å²) in [6.45, 7) is 0. The van der Waals surface area contributed by atoms with E-state index < -0.39 is 0 Å². The first-order chi connectivity index (χ1) is 29.8. The summed E-state index contributed by atoms with van der Waals surface area (Å²) in [5.41, 5.74) is 0. The van der Waals surface area contributed by atoms with E-state index in [0.717, 1.165) is 69.9 Å². The fourth-order valence-corrected chi connectivity index (χ4v) is 4.74. The van der Waals surface area contributed by atoms with Gasteiger partial charge in [0.05, 0.1) is 0 Å². The van der Waals surface area contributed by atoms with Crippen molar-refractivity contribution in [2.75, 3.05) is 0 Å². The number of hydrogen-bond acceptors (Lipinski definition) is 12. The molecule has 12 heterocycles. The van der Waals surface area contributed by atoms with Gasteiger partial charge < -0.3 is 167 Å². The molecule has 12 aromatic rings. The van der Waals surface area contributed by atoms with E-state index in [4.69, 9.17) is 0 Å². The van der Waals surface area contributed by atoms with Crippen LogP contribution in [0.25, 0.3) is 69.9 Å². The van der Waals surface area contributed by atoms with E-state index >= 15 is 0 Å². The van der Waals surface area contributed by atoms with Gasteiger partial charge in [0.1, 0.15) is 0 Å². The van der Waals surface area contributed by atoms with Gasteiger partial charge in [-0.25, -0.2) is 59.8 Å². The molecule has 0 atom stereocenters. The van der Waals surface area contributed by atoms with Gasteiger partial charge in [-0.2, -0.15) is 0 Å². The first-order valence-corrected chi connectivity index (χ1v) is 17.7. The van der Waals surface area contributed by atoms with Crippen LogP contribution in [0.2, 0.25) is 0 Å². The van der Waals surface area contributed by atoms with Crippen molar-refractivity contribution in [1.29, 1.82) is 0 Å². The van der Waals surface area contributed by atoms with Gasteiger partial charge >= 0.3 is 50.3 Å². The second-order valence-electron chi connectivity index (χ2n) is 11.3. The number of hydrogen-bond donors (Lipinski definition) is 12. The molecule has 0 amide bonds. The van der Waals surface area contributed by atoms with Gasteiger partial charge in [-0.1, -0.05) is 0 Å². The smallest absolute Gasteiger partial charge is 1.00 e. The molecule has 0 saturated carbocycles. The van der Waals surface area contributed by atoms with Crippen LogP contribution in [0.5, 0.6) is 0 Å². The summed E-state index contributed by atoms with van der Waals surface area (Å²) in [7, 11) is 0. The van der Waals surface area contributed by atoms with Crippen LogP contribution in [0, 0.1) is 0 Å². The predicted molar refractivity (Wildman–Crippen MR) is 246 cm³/mol. The molecule has 0 unspecified atom stereocenters. The number of nitrogens with zero attached hydrogens (tertiary/aromatic N) is 12. The summed E-state index contributed by atoms with van der Waals surface area (Å²) in [5, 5.41) is 0. The SMILES string of the molecule is [Cl-].[Cl-].[Cl-].[Cl-].[Cl-].[Cl-].[Co+2].[Co+2].[Co+2].[OH3+].[OH3+].[OH3+].[OH3+].[OH3+].[OH3+].c1c[nH]c(-c2ncc[nH]2)n1.c1c[nH]c(-c2ncc[nH]2)n1.c1c[nH]c(-c2ncc[nH]2)n1.c1c[nH]c(-c2ncc[nH]2)n1.c1c[nH]c(-c2ncc[nH]2)n1.c1c[nH]c(-c2ncc[nH]2)n1. The monoisotopic (exact) mass is 1310 g/mol. The zero-order valence-electron chi connectivity index (χ0n) is 38.0. The van der Waals surface area contributed by atoms with E-state index in [1.807, 2.05) is 0 Å². The Bertz CT molecular complexity index is 2070. The van der Waals surface area contributed by atoms with E-state index in [-0.39, 0.29) is 158 Å². The van der Waals surface area contributed by atoms with Crippen molar-refractivity contribution in [3.05, 3.63) is 149 Å². The molecule has 39 heteroatoms. The third-order valence-electron chi connectivity index (χ3n) is 7.32. The Morgan fingerprint density at radius 1 is 0.160 bits per heavy atom. The van der Waals surface area contributed by atoms with Crippen molar-refractivity contribution in [3.8, 4) is 69.9 Å². The largest absolute Gasteiger partial charge is 2.00 e.